The monoisotopic (exact) mass is 464 g/mol. The molecule has 0 radical (unpaired) electrons. The Morgan fingerprint density at radius 3 is 2.53 bits per heavy atom. The summed E-state index contributed by atoms with van der Waals surface area (Å²) in [5.41, 5.74) is 4.93. The molecule has 2 heterocycles. The zero-order chi connectivity index (χ0) is 24.5. The maximum absolute atomic E-state index is 12.3. The summed E-state index contributed by atoms with van der Waals surface area (Å²) in [6.07, 6.45) is 15.6. The first-order chi connectivity index (χ1) is 16.0. The fourth-order valence-corrected chi connectivity index (χ4v) is 8.19. The quantitative estimate of drug-likeness (QED) is 0.431. The average molecular weight is 465 g/mol. The Morgan fingerprint density at radius 2 is 1.79 bits per heavy atom. The lowest BCUT2D eigenvalue weighted by Gasteiger charge is -2.52. The Bertz CT molecular complexity index is 1040. The smallest absolute Gasteiger partial charge is 0.333 e. The third kappa shape index (κ3) is 3.46. The number of hydrogen-bond donors (Lipinski definition) is 0. The van der Waals surface area contributed by atoms with E-state index in [0.29, 0.717) is 11.8 Å². The highest BCUT2D eigenvalue weighted by molar-refractivity contribution is 5.88. The molecule has 0 bridgehead atoms. The van der Waals surface area contributed by atoms with E-state index in [2.05, 4.69) is 46.8 Å². The van der Waals surface area contributed by atoms with Crippen LogP contribution in [0.3, 0.4) is 0 Å². The van der Waals surface area contributed by atoms with Crippen molar-refractivity contribution in [2.24, 2.45) is 28.6 Å². The Hall–Kier alpha value is -2.10. The summed E-state index contributed by atoms with van der Waals surface area (Å²) in [4.78, 5) is 24.4. The third-order valence-corrected chi connectivity index (χ3v) is 10.5. The molecule has 5 rings (SSSR count). The molecule has 2 aliphatic heterocycles. The number of allylic oxidation sites excluding steroid dienone is 4. The van der Waals surface area contributed by atoms with Crippen LogP contribution in [0.5, 0.6) is 0 Å². The van der Waals surface area contributed by atoms with E-state index >= 15 is 0 Å². The Kier molecular flexibility index (Phi) is 5.53. The van der Waals surface area contributed by atoms with E-state index in [0.717, 1.165) is 37.7 Å². The number of ether oxygens (including phenoxy) is 2. The summed E-state index contributed by atoms with van der Waals surface area (Å²) in [5, 5.41) is 0. The molecule has 184 valence electrons. The molecule has 0 aromatic rings. The molecule has 0 saturated heterocycles. The van der Waals surface area contributed by atoms with E-state index in [9.17, 15) is 9.59 Å². The van der Waals surface area contributed by atoms with Crippen molar-refractivity contribution in [3.63, 3.8) is 0 Å². The van der Waals surface area contributed by atoms with Crippen LogP contribution >= 0.6 is 0 Å². The van der Waals surface area contributed by atoms with Crippen molar-refractivity contribution in [1.82, 2.24) is 0 Å². The molecule has 3 aliphatic carbocycles. The lowest BCUT2D eigenvalue weighted by atomic mass is 9.52. The van der Waals surface area contributed by atoms with Gasteiger partial charge in [0.1, 0.15) is 11.7 Å². The number of cyclic esters (lactones) is 2. The molecule has 34 heavy (non-hydrogen) atoms. The highest BCUT2D eigenvalue weighted by Crippen LogP contribution is 2.68. The van der Waals surface area contributed by atoms with Gasteiger partial charge in [-0.15, -0.1) is 0 Å². The second-order valence-corrected chi connectivity index (χ2v) is 12.4. The van der Waals surface area contributed by atoms with Gasteiger partial charge in [-0.05, 0) is 93.1 Å². The molecule has 0 aromatic heterocycles. The van der Waals surface area contributed by atoms with Gasteiger partial charge in [-0.3, -0.25) is 0 Å². The normalized spacial score (nSPS) is 40.0. The number of fused-ring (bicyclic) bond motifs is 3. The number of rotatable bonds is 2. The highest BCUT2D eigenvalue weighted by Gasteiger charge is 2.60. The van der Waals surface area contributed by atoms with E-state index in [-0.39, 0.29) is 34.8 Å². The molecular weight excluding hydrogens is 424 g/mol. The van der Waals surface area contributed by atoms with Crippen molar-refractivity contribution in [2.75, 3.05) is 0 Å². The van der Waals surface area contributed by atoms with Gasteiger partial charge in [-0.25, -0.2) is 9.59 Å². The Morgan fingerprint density at radius 1 is 1.03 bits per heavy atom. The van der Waals surface area contributed by atoms with Gasteiger partial charge in [0.05, 0.1) is 0 Å². The van der Waals surface area contributed by atoms with Crippen LogP contribution in [-0.2, 0) is 19.1 Å². The fourth-order valence-electron chi connectivity index (χ4n) is 8.19. The fraction of sp³-hybridized carbons (Fsp3) is 0.667. The van der Waals surface area contributed by atoms with Gasteiger partial charge in [0.25, 0.3) is 0 Å². The minimum atomic E-state index is -0.505. The lowest BCUT2D eigenvalue weighted by Crippen LogP contribution is -2.46. The van der Waals surface area contributed by atoms with Crippen molar-refractivity contribution >= 4 is 11.9 Å². The summed E-state index contributed by atoms with van der Waals surface area (Å²) in [7, 11) is 0. The number of esters is 2. The van der Waals surface area contributed by atoms with E-state index in [4.69, 9.17) is 9.47 Å². The van der Waals surface area contributed by atoms with Gasteiger partial charge in [0.2, 0.25) is 0 Å². The molecule has 6 atom stereocenters. The SMILES string of the molecule is CC1=CC[C@H]([C@@H](C)C2CC[C@@]3(C)C4=C(C=C5C=CC(=O)OC(C)(C)[C@@H]5CC4)CC[C@]23C)OC1=O. The molecule has 0 aromatic carbocycles. The topological polar surface area (TPSA) is 52.6 Å². The van der Waals surface area contributed by atoms with E-state index in [1.165, 1.54) is 24.0 Å². The minimum Gasteiger partial charge on any atom is -0.458 e. The molecule has 4 nitrogen and oxygen atoms in total. The summed E-state index contributed by atoms with van der Waals surface area (Å²) >= 11 is 0. The first-order valence-electron chi connectivity index (χ1n) is 13.2. The number of hydrogen-bond acceptors (Lipinski definition) is 4. The second-order valence-electron chi connectivity index (χ2n) is 12.4. The molecule has 5 aliphatic rings. The average Bonchev–Trinajstić information content (AvgIpc) is 2.88. The predicted molar refractivity (Wildman–Crippen MR) is 133 cm³/mol. The van der Waals surface area contributed by atoms with Crippen LogP contribution < -0.4 is 0 Å². The molecule has 0 amide bonds. The van der Waals surface area contributed by atoms with Crippen LogP contribution in [-0.4, -0.2) is 23.6 Å². The first kappa shape index (κ1) is 23.6. The van der Waals surface area contributed by atoms with Crippen LogP contribution in [0.25, 0.3) is 0 Å². The molecule has 1 unspecified atom stereocenters. The molecular formula is C30H40O4. The van der Waals surface area contributed by atoms with Crippen LogP contribution in [0.1, 0.15) is 86.5 Å². The van der Waals surface area contributed by atoms with E-state index in [1.807, 2.05) is 13.0 Å². The van der Waals surface area contributed by atoms with Crippen molar-refractivity contribution < 1.29 is 19.1 Å². The highest BCUT2D eigenvalue weighted by atomic mass is 16.6. The molecule has 4 heteroatoms. The van der Waals surface area contributed by atoms with Crippen molar-refractivity contribution in [1.29, 1.82) is 0 Å². The van der Waals surface area contributed by atoms with Gasteiger partial charge >= 0.3 is 11.9 Å². The van der Waals surface area contributed by atoms with Crippen LogP contribution in [0.2, 0.25) is 0 Å². The van der Waals surface area contributed by atoms with Gasteiger partial charge in [0.15, 0.2) is 0 Å². The van der Waals surface area contributed by atoms with E-state index < -0.39 is 5.60 Å². The van der Waals surface area contributed by atoms with Gasteiger partial charge < -0.3 is 9.47 Å². The molecule has 1 saturated carbocycles. The standard InChI is InChI=1S/C30H40O4/c1-18-7-11-25(33-27(18)32)19(2)22-14-16-30(6)24-10-9-23-20(8-12-26(31)34-28(23,3)4)17-21(24)13-15-29(22,30)5/h7-8,12,17,19,22-23,25H,9-11,13-16H2,1-6H3/t19-,22?,23+,25+,29+,30-/m0/s1. The summed E-state index contributed by atoms with van der Waals surface area (Å²) < 4.78 is 11.7. The third-order valence-electron chi connectivity index (χ3n) is 10.5. The first-order valence-corrected chi connectivity index (χ1v) is 13.2. The van der Waals surface area contributed by atoms with Crippen molar-refractivity contribution in [3.8, 4) is 0 Å². The van der Waals surface area contributed by atoms with Gasteiger partial charge in [-0.1, -0.05) is 44.6 Å². The van der Waals surface area contributed by atoms with Crippen LogP contribution in [0, 0.1) is 28.6 Å². The second kappa shape index (κ2) is 7.96. The molecule has 0 N–H and O–H groups in total. The Labute approximate surface area is 204 Å². The maximum Gasteiger partial charge on any atom is 0.333 e. The maximum atomic E-state index is 12.3. The van der Waals surface area contributed by atoms with Gasteiger partial charge in [0, 0.05) is 24.0 Å². The van der Waals surface area contributed by atoms with E-state index in [1.54, 1.807) is 11.6 Å². The Balaban J connectivity index is 1.47. The zero-order valence-corrected chi connectivity index (χ0v) is 21.7. The van der Waals surface area contributed by atoms with Crippen LogP contribution in [0.15, 0.2) is 46.6 Å². The minimum absolute atomic E-state index is 0.0146. The van der Waals surface area contributed by atoms with Crippen molar-refractivity contribution in [2.45, 2.75) is 98.2 Å². The summed E-state index contributed by atoms with van der Waals surface area (Å²) in [6, 6.07) is 0. The molecule has 1 fully saturated rings. The summed E-state index contributed by atoms with van der Waals surface area (Å²) in [5.74, 6) is 0.711. The zero-order valence-electron chi connectivity index (χ0n) is 21.7. The lowest BCUT2D eigenvalue weighted by molar-refractivity contribution is -0.153. The predicted octanol–water partition coefficient (Wildman–Crippen LogP) is 6.63. The van der Waals surface area contributed by atoms with Crippen LogP contribution in [0.4, 0.5) is 0 Å². The molecule has 0 spiro atoms. The summed E-state index contributed by atoms with van der Waals surface area (Å²) in [6.45, 7) is 13.3. The van der Waals surface area contributed by atoms with Gasteiger partial charge in [-0.2, -0.15) is 0 Å². The van der Waals surface area contributed by atoms with Crippen molar-refractivity contribution in [3.05, 3.63) is 46.6 Å². The number of carbonyl (C=O) groups excluding carboxylic acids is 2. The number of carbonyl (C=O) groups is 2. The largest absolute Gasteiger partial charge is 0.458 e.